The molecule has 0 atom stereocenters. The van der Waals surface area contributed by atoms with Crippen molar-refractivity contribution in [3.8, 4) is 0 Å². The smallest absolute Gasteiger partial charge is 0.266 e. The average molecular weight is 399 g/mol. The van der Waals surface area contributed by atoms with E-state index in [9.17, 15) is 9.18 Å². The number of fused-ring (bicyclic) bond motifs is 1. The van der Waals surface area contributed by atoms with Crippen LogP contribution in [0.15, 0.2) is 18.2 Å². The number of nitrogens with zero attached hydrogens (tertiary/aromatic N) is 3. The Morgan fingerprint density at radius 2 is 1.89 bits per heavy atom. The summed E-state index contributed by atoms with van der Waals surface area (Å²) >= 11 is 1.39. The van der Waals surface area contributed by atoms with Crippen LogP contribution in [0.5, 0.6) is 0 Å². The number of carbonyl (C=O) groups is 1. The van der Waals surface area contributed by atoms with Crippen LogP contribution >= 0.6 is 11.3 Å². The maximum Gasteiger partial charge on any atom is 0.266 e. The van der Waals surface area contributed by atoms with E-state index in [-0.39, 0.29) is 11.7 Å². The third-order valence-corrected chi connectivity index (χ3v) is 6.37. The summed E-state index contributed by atoms with van der Waals surface area (Å²) < 4.78 is 13.3. The number of halogens is 1. The Hall–Kier alpha value is -2.54. The number of amides is 1. The summed E-state index contributed by atoms with van der Waals surface area (Å²) in [5.74, 6) is 1.14. The van der Waals surface area contributed by atoms with Crippen LogP contribution in [0.4, 0.5) is 15.9 Å². The minimum absolute atomic E-state index is 0.197. The van der Waals surface area contributed by atoms with Crippen molar-refractivity contribution in [2.45, 2.75) is 40.0 Å². The number of aromatic nitrogens is 2. The zero-order valence-corrected chi connectivity index (χ0v) is 17.1. The zero-order valence-electron chi connectivity index (χ0n) is 16.3. The molecule has 7 heteroatoms. The summed E-state index contributed by atoms with van der Waals surface area (Å²) in [5.41, 5.74) is 2.20. The molecule has 0 saturated carbocycles. The fourth-order valence-electron chi connectivity index (χ4n) is 3.72. The van der Waals surface area contributed by atoms with Gasteiger partial charge in [0.05, 0.1) is 10.3 Å². The van der Waals surface area contributed by atoms with Crippen LogP contribution in [0, 0.1) is 26.6 Å². The Kier molecular flexibility index (Phi) is 5.02. The van der Waals surface area contributed by atoms with E-state index in [0.717, 1.165) is 53.4 Å². The van der Waals surface area contributed by atoms with Gasteiger partial charge in [0.1, 0.15) is 22.3 Å². The van der Waals surface area contributed by atoms with Gasteiger partial charge < -0.3 is 10.2 Å². The van der Waals surface area contributed by atoms with Crippen LogP contribution < -0.4 is 10.2 Å². The first-order valence-corrected chi connectivity index (χ1v) is 10.4. The highest BCUT2D eigenvalue weighted by Gasteiger charge is 2.24. The maximum absolute atomic E-state index is 13.3. The number of hydrogen-bond acceptors (Lipinski definition) is 5. The topological polar surface area (TPSA) is 58.1 Å². The van der Waals surface area contributed by atoms with Gasteiger partial charge in [-0.25, -0.2) is 14.4 Å². The molecule has 28 heavy (non-hydrogen) atoms. The number of hydrogen-bond donors (Lipinski definition) is 1. The SMILES string of the molecule is Cc1nc(N2CCCCC2)c2c(C)c(C(=O)Nc3ccc(F)cc3C)sc2n1. The zero-order chi connectivity index (χ0) is 19.8. The third-order valence-electron chi connectivity index (χ3n) is 5.18. The molecule has 4 rings (SSSR count). The van der Waals surface area contributed by atoms with Gasteiger partial charge in [-0.3, -0.25) is 4.79 Å². The molecule has 0 spiro atoms. The van der Waals surface area contributed by atoms with Crippen LogP contribution in [0.1, 0.15) is 45.9 Å². The molecule has 2 aromatic heterocycles. The number of rotatable bonds is 3. The predicted octanol–water partition coefficient (Wildman–Crippen LogP) is 5.00. The molecule has 1 saturated heterocycles. The van der Waals surface area contributed by atoms with Gasteiger partial charge in [-0.2, -0.15) is 0 Å². The van der Waals surface area contributed by atoms with Crippen molar-refractivity contribution in [1.82, 2.24) is 9.97 Å². The van der Waals surface area contributed by atoms with Gasteiger partial charge >= 0.3 is 0 Å². The van der Waals surface area contributed by atoms with E-state index >= 15 is 0 Å². The summed E-state index contributed by atoms with van der Waals surface area (Å²) in [6, 6.07) is 4.36. The van der Waals surface area contributed by atoms with Crippen molar-refractivity contribution >= 4 is 39.0 Å². The number of nitrogens with one attached hydrogen (secondary N) is 1. The van der Waals surface area contributed by atoms with E-state index < -0.39 is 0 Å². The normalized spacial score (nSPS) is 14.5. The lowest BCUT2D eigenvalue weighted by Gasteiger charge is -2.28. The fraction of sp³-hybridized carbons (Fsp3) is 0.381. The summed E-state index contributed by atoms with van der Waals surface area (Å²) in [6.07, 6.45) is 3.56. The van der Waals surface area contributed by atoms with Gasteiger partial charge in [-0.05, 0) is 69.4 Å². The molecule has 0 aliphatic carbocycles. The molecular formula is C21H23FN4OS. The first-order chi connectivity index (χ1) is 13.4. The molecule has 146 valence electrons. The number of thiophene rings is 1. The van der Waals surface area contributed by atoms with Crippen molar-refractivity contribution in [1.29, 1.82) is 0 Å². The number of carbonyl (C=O) groups excluding carboxylic acids is 1. The minimum atomic E-state index is -0.314. The van der Waals surface area contributed by atoms with Gasteiger partial charge in [0.15, 0.2) is 0 Å². The van der Waals surface area contributed by atoms with Gasteiger partial charge in [0.25, 0.3) is 5.91 Å². The lowest BCUT2D eigenvalue weighted by Crippen LogP contribution is -2.30. The molecule has 1 amide bonds. The number of anilines is 2. The lowest BCUT2D eigenvalue weighted by molar-refractivity contribution is 0.103. The monoisotopic (exact) mass is 398 g/mol. The van der Waals surface area contributed by atoms with E-state index in [1.807, 2.05) is 13.8 Å². The fourth-order valence-corrected chi connectivity index (χ4v) is 4.84. The van der Waals surface area contributed by atoms with E-state index in [1.165, 1.54) is 29.9 Å². The second-order valence-electron chi connectivity index (χ2n) is 7.29. The first-order valence-electron chi connectivity index (χ1n) is 9.54. The van der Waals surface area contributed by atoms with Crippen molar-refractivity contribution in [3.63, 3.8) is 0 Å². The Morgan fingerprint density at radius 1 is 1.14 bits per heavy atom. The van der Waals surface area contributed by atoms with Crippen molar-refractivity contribution < 1.29 is 9.18 Å². The molecule has 0 unspecified atom stereocenters. The largest absolute Gasteiger partial charge is 0.356 e. The predicted molar refractivity (Wildman–Crippen MR) is 112 cm³/mol. The quantitative estimate of drug-likeness (QED) is 0.675. The highest BCUT2D eigenvalue weighted by Crippen LogP contribution is 2.36. The summed E-state index contributed by atoms with van der Waals surface area (Å²) in [7, 11) is 0. The molecule has 1 N–H and O–H groups in total. The van der Waals surface area contributed by atoms with Gasteiger partial charge in [0, 0.05) is 18.8 Å². The standard InChI is InChI=1S/C21H23FN4OS/c1-12-11-15(22)7-8-16(12)25-20(27)18-13(2)17-19(26-9-5-4-6-10-26)23-14(3)24-21(17)28-18/h7-8,11H,4-6,9-10H2,1-3H3,(H,25,27). The molecule has 5 nitrogen and oxygen atoms in total. The molecule has 1 fully saturated rings. The van der Waals surface area contributed by atoms with Crippen LogP contribution in [0.25, 0.3) is 10.2 Å². The Morgan fingerprint density at radius 3 is 2.61 bits per heavy atom. The van der Waals surface area contributed by atoms with Crippen LogP contribution in [-0.2, 0) is 0 Å². The van der Waals surface area contributed by atoms with E-state index in [4.69, 9.17) is 4.98 Å². The molecular weight excluding hydrogens is 375 g/mol. The second kappa shape index (κ2) is 7.47. The summed E-state index contributed by atoms with van der Waals surface area (Å²) in [5, 5.41) is 3.88. The molecule has 0 radical (unpaired) electrons. The van der Waals surface area contributed by atoms with Crippen LogP contribution in [0.2, 0.25) is 0 Å². The van der Waals surface area contributed by atoms with E-state index in [0.29, 0.717) is 16.1 Å². The second-order valence-corrected chi connectivity index (χ2v) is 8.29. The molecule has 3 heterocycles. The minimum Gasteiger partial charge on any atom is -0.356 e. The van der Waals surface area contributed by atoms with Gasteiger partial charge in [-0.15, -0.1) is 11.3 Å². The third kappa shape index (κ3) is 3.46. The maximum atomic E-state index is 13.3. The Labute approximate surface area is 167 Å². The highest BCUT2D eigenvalue weighted by atomic mass is 32.1. The molecule has 1 aliphatic rings. The summed E-state index contributed by atoms with van der Waals surface area (Å²) in [4.78, 5) is 26.0. The van der Waals surface area contributed by atoms with Crippen molar-refractivity contribution in [2.24, 2.45) is 0 Å². The molecule has 3 aromatic rings. The van der Waals surface area contributed by atoms with Crippen molar-refractivity contribution in [2.75, 3.05) is 23.3 Å². The molecule has 1 aliphatic heterocycles. The van der Waals surface area contributed by atoms with Crippen LogP contribution in [0.3, 0.4) is 0 Å². The average Bonchev–Trinajstić information content (AvgIpc) is 3.00. The Balaban J connectivity index is 1.73. The summed E-state index contributed by atoms with van der Waals surface area (Å²) in [6.45, 7) is 7.59. The van der Waals surface area contributed by atoms with Gasteiger partial charge in [-0.1, -0.05) is 0 Å². The lowest BCUT2D eigenvalue weighted by atomic mass is 10.1. The number of aryl methyl sites for hydroxylation is 3. The Bertz CT molecular complexity index is 1060. The van der Waals surface area contributed by atoms with E-state index in [1.54, 1.807) is 13.0 Å². The molecule has 1 aromatic carbocycles. The van der Waals surface area contributed by atoms with E-state index in [2.05, 4.69) is 15.2 Å². The molecule has 0 bridgehead atoms. The number of piperidine rings is 1. The number of benzene rings is 1. The van der Waals surface area contributed by atoms with Gasteiger partial charge in [0.2, 0.25) is 0 Å². The highest BCUT2D eigenvalue weighted by molar-refractivity contribution is 7.20. The van der Waals surface area contributed by atoms with Crippen molar-refractivity contribution in [3.05, 3.63) is 45.8 Å². The van der Waals surface area contributed by atoms with Crippen LogP contribution in [-0.4, -0.2) is 29.0 Å². The first kappa shape index (κ1) is 18.8.